The number of aromatic nitrogens is 2. The van der Waals surface area contributed by atoms with E-state index in [1.54, 1.807) is 4.68 Å². The molecule has 0 N–H and O–H groups in total. The first-order chi connectivity index (χ1) is 15.3. The highest BCUT2D eigenvalue weighted by atomic mass is 32.2. The molecule has 8 nitrogen and oxygen atoms in total. The average molecular weight is 507 g/mol. The lowest BCUT2D eigenvalue weighted by Gasteiger charge is -2.35. The van der Waals surface area contributed by atoms with Crippen molar-refractivity contribution in [1.82, 2.24) is 14.1 Å². The highest BCUT2D eigenvalue weighted by molar-refractivity contribution is 7.91. The van der Waals surface area contributed by atoms with Crippen molar-refractivity contribution in [1.29, 1.82) is 0 Å². The van der Waals surface area contributed by atoms with Crippen LogP contribution < -0.4 is 4.90 Å². The van der Waals surface area contributed by atoms with Crippen LogP contribution in [0.2, 0.25) is 0 Å². The van der Waals surface area contributed by atoms with Crippen LogP contribution in [-0.2, 0) is 26.0 Å². The smallest absolute Gasteiger partial charge is 0.366 e. The van der Waals surface area contributed by atoms with Crippen molar-refractivity contribution in [2.45, 2.75) is 37.4 Å². The summed E-state index contributed by atoms with van der Waals surface area (Å²) < 4.78 is 90.9. The minimum absolute atomic E-state index is 0.0630. The molecule has 0 bridgehead atoms. The van der Waals surface area contributed by atoms with Crippen LogP contribution in [0.25, 0.3) is 0 Å². The van der Waals surface area contributed by atoms with Gasteiger partial charge in [-0.15, -0.1) is 0 Å². The van der Waals surface area contributed by atoms with E-state index in [1.807, 2.05) is 18.7 Å². The van der Waals surface area contributed by atoms with E-state index in [2.05, 4.69) is 5.10 Å². The molecular formula is C20H25F3N4O4S2. The van der Waals surface area contributed by atoms with E-state index in [4.69, 9.17) is 0 Å². The molecule has 2 aliphatic heterocycles. The first kappa shape index (κ1) is 24.0. The van der Waals surface area contributed by atoms with Gasteiger partial charge in [-0.05, 0) is 44.5 Å². The van der Waals surface area contributed by atoms with Gasteiger partial charge in [0.2, 0.25) is 10.0 Å². The molecule has 0 spiro atoms. The van der Waals surface area contributed by atoms with Gasteiger partial charge < -0.3 is 4.90 Å². The lowest BCUT2D eigenvalue weighted by Crippen LogP contribution is -2.49. The molecule has 1 aromatic heterocycles. The van der Waals surface area contributed by atoms with Crippen molar-refractivity contribution in [2.75, 3.05) is 42.6 Å². The number of alkyl halides is 3. The molecule has 2 saturated heterocycles. The maximum Gasteiger partial charge on any atom is 0.416 e. The Labute approximate surface area is 191 Å². The number of nitrogens with zero attached hydrogens (tertiary/aromatic N) is 4. The van der Waals surface area contributed by atoms with Crippen molar-refractivity contribution < 1.29 is 30.0 Å². The second-order valence-corrected chi connectivity index (χ2v) is 12.6. The van der Waals surface area contributed by atoms with Gasteiger partial charge >= 0.3 is 6.18 Å². The Hall–Kier alpha value is -2.12. The molecule has 182 valence electrons. The average Bonchev–Trinajstić information content (AvgIpc) is 3.25. The van der Waals surface area contributed by atoms with Gasteiger partial charge in [-0.1, -0.05) is 0 Å². The molecule has 2 fully saturated rings. The van der Waals surface area contributed by atoms with Crippen LogP contribution in [0, 0.1) is 13.8 Å². The summed E-state index contributed by atoms with van der Waals surface area (Å²) in [6.45, 7) is 4.84. The lowest BCUT2D eigenvalue weighted by molar-refractivity contribution is -0.137. The Kier molecular flexibility index (Phi) is 6.02. The first-order valence-corrected chi connectivity index (χ1v) is 13.7. The number of benzene rings is 1. The number of hydrogen-bond acceptors (Lipinski definition) is 6. The Bertz CT molecular complexity index is 1250. The van der Waals surface area contributed by atoms with Gasteiger partial charge in [-0.2, -0.15) is 22.6 Å². The Morgan fingerprint density at radius 3 is 2.15 bits per heavy atom. The molecule has 1 unspecified atom stereocenters. The van der Waals surface area contributed by atoms with Gasteiger partial charge in [0.1, 0.15) is 0 Å². The van der Waals surface area contributed by atoms with Gasteiger partial charge in [-0.25, -0.2) is 16.8 Å². The minimum Gasteiger partial charge on any atom is -0.366 e. The molecule has 0 amide bonds. The normalized spacial score (nSPS) is 22.1. The second-order valence-electron chi connectivity index (χ2n) is 8.43. The molecule has 0 aliphatic carbocycles. The van der Waals surface area contributed by atoms with Crippen LogP contribution in [0.1, 0.15) is 29.4 Å². The van der Waals surface area contributed by atoms with Crippen LogP contribution in [0.15, 0.2) is 29.2 Å². The predicted molar refractivity (Wildman–Crippen MR) is 116 cm³/mol. The fraction of sp³-hybridized carbons (Fsp3) is 0.550. The van der Waals surface area contributed by atoms with Crippen molar-refractivity contribution in [2.24, 2.45) is 0 Å². The Balaban J connectivity index is 1.48. The van der Waals surface area contributed by atoms with E-state index in [1.165, 1.54) is 4.31 Å². The van der Waals surface area contributed by atoms with Crippen molar-refractivity contribution in [3.63, 3.8) is 0 Å². The fourth-order valence-corrected chi connectivity index (χ4v) is 7.67. The number of rotatable bonds is 4. The van der Waals surface area contributed by atoms with Gasteiger partial charge in [0.15, 0.2) is 9.84 Å². The molecule has 1 atom stereocenters. The third-order valence-electron chi connectivity index (χ3n) is 6.22. The second kappa shape index (κ2) is 8.27. The molecule has 4 rings (SSSR count). The molecule has 33 heavy (non-hydrogen) atoms. The molecular weight excluding hydrogens is 481 g/mol. The number of anilines is 1. The zero-order valence-corrected chi connectivity index (χ0v) is 19.8. The van der Waals surface area contributed by atoms with Gasteiger partial charge in [-0.3, -0.25) is 4.68 Å². The lowest BCUT2D eigenvalue weighted by atomic mass is 10.2. The van der Waals surface area contributed by atoms with E-state index < -0.39 is 31.6 Å². The van der Waals surface area contributed by atoms with E-state index >= 15 is 0 Å². The summed E-state index contributed by atoms with van der Waals surface area (Å²) in [7, 11) is -6.98. The van der Waals surface area contributed by atoms with Crippen LogP contribution in [0.5, 0.6) is 0 Å². The summed E-state index contributed by atoms with van der Waals surface area (Å²) in [4.78, 5) is 1.85. The molecule has 2 aliphatic rings. The van der Waals surface area contributed by atoms with Crippen molar-refractivity contribution >= 4 is 25.5 Å². The maximum absolute atomic E-state index is 12.9. The summed E-state index contributed by atoms with van der Waals surface area (Å²) in [6, 6.07) is 3.31. The van der Waals surface area contributed by atoms with Crippen LogP contribution >= 0.6 is 0 Å². The molecule has 13 heteroatoms. The molecule has 2 aromatic rings. The fourth-order valence-electron chi connectivity index (χ4n) is 4.55. The summed E-state index contributed by atoms with van der Waals surface area (Å²) in [5.74, 6) is 0.208. The number of sulfonamides is 1. The summed E-state index contributed by atoms with van der Waals surface area (Å²) in [5.41, 5.74) is 1.56. The molecule has 0 radical (unpaired) electrons. The Morgan fingerprint density at radius 1 is 1.03 bits per heavy atom. The summed E-state index contributed by atoms with van der Waals surface area (Å²) >= 11 is 0. The number of hydrogen-bond donors (Lipinski definition) is 0. The monoisotopic (exact) mass is 506 g/mol. The van der Waals surface area contributed by atoms with E-state index in [0.717, 1.165) is 41.3 Å². The summed E-state index contributed by atoms with van der Waals surface area (Å²) in [5, 5.41) is 4.56. The maximum atomic E-state index is 12.9. The third-order valence-corrected chi connectivity index (χ3v) is 9.88. The van der Waals surface area contributed by atoms with Gasteiger partial charge in [0.25, 0.3) is 0 Å². The Morgan fingerprint density at radius 2 is 1.64 bits per heavy atom. The standard InChI is InChI=1S/C20H25F3N4O4S2/c1-14-19(15(2)27(24-14)17-7-12-32(28,29)13-17)25-8-10-26(11-9-25)33(30,31)18-5-3-16(4-6-18)20(21,22)23/h3-6,17H,7-13H2,1-2H3. The SMILES string of the molecule is Cc1nn(C2CCS(=O)(=O)C2)c(C)c1N1CCN(S(=O)(=O)c2ccc(C(F)(F)F)cc2)CC1. The van der Waals surface area contributed by atoms with E-state index in [0.29, 0.717) is 19.5 Å². The number of sulfone groups is 1. The first-order valence-electron chi connectivity index (χ1n) is 10.5. The van der Waals surface area contributed by atoms with E-state index in [-0.39, 0.29) is 35.5 Å². The number of halogens is 3. The summed E-state index contributed by atoms with van der Waals surface area (Å²) in [6.07, 6.45) is -4.01. The van der Waals surface area contributed by atoms with Gasteiger partial charge in [0, 0.05) is 26.2 Å². The molecule has 3 heterocycles. The zero-order chi connectivity index (χ0) is 24.2. The zero-order valence-electron chi connectivity index (χ0n) is 18.2. The third kappa shape index (κ3) is 4.62. The number of piperazine rings is 1. The minimum atomic E-state index is -4.53. The molecule has 1 aromatic carbocycles. The van der Waals surface area contributed by atoms with Crippen LogP contribution in [0.3, 0.4) is 0 Å². The highest BCUT2D eigenvalue weighted by Crippen LogP contribution is 2.33. The highest BCUT2D eigenvalue weighted by Gasteiger charge is 2.35. The van der Waals surface area contributed by atoms with Crippen molar-refractivity contribution in [3.05, 3.63) is 41.2 Å². The topological polar surface area (TPSA) is 92.6 Å². The largest absolute Gasteiger partial charge is 0.416 e. The molecule has 0 saturated carbocycles. The quantitative estimate of drug-likeness (QED) is 0.632. The van der Waals surface area contributed by atoms with Crippen LogP contribution in [0.4, 0.5) is 18.9 Å². The van der Waals surface area contributed by atoms with Gasteiger partial charge in [0.05, 0.1) is 45.1 Å². The predicted octanol–water partition coefficient (Wildman–Crippen LogP) is 2.39. The van der Waals surface area contributed by atoms with E-state index in [9.17, 15) is 30.0 Å². The van der Waals surface area contributed by atoms with Crippen molar-refractivity contribution in [3.8, 4) is 0 Å². The van der Waals surface area contributed by atoms with Crippen LogP contribution in [-0.4, -0.2) is 68.6 Å². The number of aryl methyl sites for hydroxylation is 1.